The van der Waals surface area contributed by atoms with Crippen LogP contribution in [-0.2, 0) is 32.6 Å². The van der Waals surface area contributed by atoms with Gasteiger partial charge < -0.3 is 19.7 Å². The summed E-state index contributed by atoms with van der Waals surface area (Å²) in [6.07, 6.45) is 1.90. The molecule has 0 saturated heterocycles. The molecule has 12 heteroatoms. The Kier molecular flexibility index (Phi) is 11.9. The zero-order valence-electron chi connectivity index (χ0n) is 24.0. The molecule has 0 aliphatic rings. The number of methoxy groups -OCH3 is 2. The molecule has 0 aliphatic carbocycles. The van der Waals surface area contributed by atoms with E-state index in [1.165, 1.54) is 31.3 Å². The largest absolute Gasteiger partial charge is 0.493 e. The van der Waals surface area contributed by atoms with Crippen molar-refractivity contribution in [3.63, 3.8) is 0 Å². The van der Waals surface area contributed by atoms with Gasteiger partial charge in [-0.25, -0.2) is 8.42 Å². The minimum atomic E-state index is -3.95. The lowest BCUT2D eigenvalue weighted by molar-refractivity contribution is -0.140. The molecule has 226 valence electrons. The first kappa shape index (κ1) is 33.0. The van der Waals surface area contributed by atoms with E-state index in [2.05, 4.69) is 5.32 Å². The number of carbonyl (C=O) groups is 2. The number of ether oxygens (including phenoxy) is 2. The molecule has 0 aromatic heterocycles. The highest BCUT2D eigenvalue weighted by molar-refractivity contribution is 7.92. The Hall–Kier alpha value is -3.47. The monoisotopic (exact) mass is 635 g/mol. The van der Waals surface area contributed by atoms with Crippen molar-refractivity contribution in [1.29, 1.82) is 0 Å². The van der Waals surface area contributed by atoms with E-state index in [4.69, 9.17) is 32.7 Å². The van der Waals surface area contributed by atoms with E-state index in [1.807, 2.05) is 37.3 Å². The van der Waals surface area contributed by atoms with Crippen LogP contribution in [0.15, 0.2) is 66.7 Å². The van der Waals surface area contributed by atoms with Gasteiger partial charge in [0, 0.05) is 35.6 Å². The van der Waals surface area contributed by atoms with Crippen LogP contribution in [0.2, 0.25) is 10.0 Å². The lowest BCUT2D eigenvalue weighted by Gasteiger charge is -2.33. The fourth-order valence-electron chi connectivity index (χ4n) is 4.35. The second-order valence-corrected chi connectivity index (χ2v) is 12.3. The van der Waals surface area contributed by atoms with E-state index >= 15 is 0 Å². The van der Waals surface area contributed by atoms with Crippen molar-refractivity contribution in [1.82, 2.24) is 10.2 Å². The van der Waals surface area contributed by atoms with Crippen molar-refractivity contribution in [2.24, 2.45) is 0 Å². The second-order valence-electron chi connectivity index (χ2n) is 9.56. The Labute approximate surface area is 257 Å². The van der Waals surface area contributed by atoms with Crippen LogP contribution in [0.1, 0.15) is 24.5 Å². The molecule has 9 nitrogen and oxygen atoms in total. The number of carbonyl (C=O) groups excluding carboxylic acids is 2. The zero-order valence-corrected chi connectivity index (χ0v) is 26.3. The molecule has 3 aromatic rings. The van der Waals surface area contributed by atoms with Gasteiger partial charge in [0.1, 0.15) is 12.6 Å². The molecule has 1 atom stereocenters. The average molecular weight is 637 g/mol. The van der Waals surface area contributed by atoms with Crippen LogP contribution < -0.4 is 19.1 Å². The number of rotatable bonds is 14. The van der Waals surface area contributed by atoms with Crippen LogP contribution >= 0.6 is 23.2 Å². The third kappa shape index (κ3) is 8.77. The molecule has 0 bridgehead atoms. The summed E-state index contributed by atoms with van der Waals surface area (Å²) < 4.78 is 37.6. The van der Waals surface area contributed by atoms with Crippen molar-refractivity contribution >= 4 is 50.7 Å². The van der Waals surface area contributed by atoms with E-state index in [9.17, 15) is 18.0 Å². The van der Waals surface area contributed by atoms with E-state index in [1.54, 1.807) is 24.3 Å². The first-order valence-corrected chi connectivity index (χ1v) is 15.8. The molecule has 0 radical (unpaired) electrons. The average Bonchev–Trinajstić information content (AvgIpc) is 2.96. The fraction of sp³-hybridized carbons (Fsp3) is 0.333. The molecule has 0 heterocycles. The van der Waals surface area contributed by atoms with Crippen LogP contribution in [0.25, 0.3) is 0 Å². The number of nitrogens with zero attached hydrogens (tertiary/aromatic N) is 2. The van der Waals surface area contributed by atoms with Crippen LogP contribution in [0.3, 0.4) is 0 Å². The summed E-state index contributed by atoms with van der Waals surface area (Å²) in [4.78, 5) is 29.1. The van der Waals surface area contributed by atoms with Gasteiger partial charge in [0.05, 0.1) is 26.2 Å². The van der Waals surface area contributed by atoms with Gasteiger partial charge in [0.15, 0.2) is 11.5 Å². The maximum Gasteiger partial charge on any atom is 0.244 e. The number of anilines is 1. The molecule has 2 amide bonds. The van der Waals surface area contributed by atoms with E-state index in [0.29, 0.717) is 40.1 Å². The normalized spacial score (nSPS) is 11.9. The molecule has 0 unspecified atom stereocenters. The van der Waals surface area contributed by atoms with Gasteiger partial charge in [0.25, 0.3) is 0 Å². The van der Waals surface area contributed by atoms with E-state index in [0.717, 1.165) is 16.1 Å². The summed E-state index contributed by atoms with van der Waals surface area (Å²) in [6, 6.07) is 17.7. The number of nitrogens with one attached hydrogen (secondary N) is 1. The topological polar surface area (TPSA) is 105 Å². The SMILES string of the molecule is CCCNC(=O)[C@H](Cc1ccccc1)N(Cc1ccc(Cl)cc1Cl)C(=O)CN(c1ccc(OC)c(OC)c1)S(C)(=O)=O. The zero-order chi connectivity index (χ0) is 30.9. The number of hydrogen-bond donors (Lipinski definition) is 1. The van der Waals surface area contributed by atoms with Gasteiger partial charge in [-0.2, -0.15) is 0 Å². The first-order valence-electron chi connectivity index (χ1n) is 13.2. The lowest BCUT2D eigenvalue weighted by atomic mass is 10.0. The molecule has 3 rings (SSSR count). The number of hydrogen-bond acceptors (Lipinski definition) is 6. The van der Waals surface area contributed by atoms with Crippen LogP contribution in [0.5, 0.6) is 11.5 Å². The summed E-state index contributed by atoms with van der Waals surface area (Å²) in [5.74, 6) is -0.276. The summed E-state index contributed by atoms with van der Waals surface area (Å²) in [5, 5.41) is 3.62. The fourth-order valence-corrected chi connectivity index (χ4v) is 5.66. The molecule has 42 heavy (non-hydrogen) atoms. The molecular formula is C30H35Cl2N3O6S. The van der Waals surface area contributed by atoms with Crippen LogP contribution in [0.4, 0.5) is 5.69 Å². The Morgan fingerprint density at radius 3 is 2.24 bits per heavy atom. The molecule has 0 saturated carbocycles. The van der Waals surface area contributed by atoms with Crippen molar-refractivity contribution in [3.8, 4) is 11.5 Å². The third-order valence-corrected chi connectivity index (χ3v) is 8.24. The second kappa shape index (κ2) is 15.1. The highest BCUT2D eigenvalue weighted by Gasteiger charge is 2.33. The summed E-state index contributed by atoms with van der Waals surface area (Å²) in [7, 11) is -1.06. The Balaban J connectivity index is 2.09. The quantitative estimate of drug-likeness (QED) is 0.269. The molecule has 3 aromatic carbocycles. The maximum atomic E-state index is 14.2. The number of halogens is 2. The summed E-state index contributed by atoms with van der Waals surface area (Å²) in [5.41, 5.74) is 1.57. The Bertz CT molecular complexity index is 1490. The van der Waals surface area contributed by atoms with Crippen molar-refractivity contribution in [2.75, 3.05) is 37.9 Å². The first-order chi connectivity index (χ1) is 20.0. The van der Waals surface area contributed by atoms with Crippen molar-refractivity contribution < 1.29 is 27.5 Å². The minimum Gasteiger partial charge on any atom is -0.493 e. The van der Waals surface area contributed by atoms with Gasteiger partial charge >= 0.3 is 0 Å². The highest BCUT2D eigenvalue weighted by Crippen LogP contribution is 2.33. The standard InChI is InChI=1S/C30H35Cl2N3O6S/c1-5-15-33-30(37)26(16-21-9-7-6-8-10-21)34(19-22-11-12-23(31)17-25(22)32)29(36)20-35(42(4,38)39)24-13-14-27(40-2)28(18-24)41-3/h6-14,17-18,26H,5,15-16,19-20H2,1-4H3,(H,33,37)/t26-/m0/s1. The molecule has 0 fully saturated rings. The Morgan fingerprint density at radius 2 is 1.64 bits per heavy atom. The number of amides is 2. The van der Waals surface area contributed by atoms with Crippen LogP contribution in [-0.4, -0.2) is 64.7 Å². The predicted octanol–water partition coefficient (Wildman–Crippen LogP) is 4.94. The van der Waals surface area contributed by atoms with Gasteiger partial charge in [-0.1, -0.05) is 66.5 Å². The molecular weight excluding hydrogens is 601 g/mol. The molecule has 0 spiro atoms. The van der Waals surface area contributed by atoms with Crippen LogP contribution in [0, 0.1) is 0 Å². The van der Waals surface area contributed by atoms with E-state index < -0.39 is 28.5 Å². The Morgan fingerprint density at radius 1 is 0.952 bits per heavy atom. The highest BCUT2D eigenvalue weighted by atomic mass is 35.5. The van der Waals surface area contributed by atoms with Gasteiger partial charge in [-0.05, 0) is 41.8 Å². The summed E-state index contributed by atoms with van der Waals surface area (Å²) in [6.45, 7) is 1.70. The summed E-state index contributed by atoms with van der Waals surface area (Å²) >= 11 is 12.6. The molecule has 0 aliphatic heterocycles. The lowest BCUT2D eigenvalue weighted by Crippen LogP contribution is -2.53. The van der Waals surface area contributed by atoms with Crippen molar-refractivity contribution in [2.45, 2.75) is 32.4 Å². The molecule has 1 N–H and O–H groups in total. The number of sulfonamides is 1. The van der Waals surface area contributed by atoms with Gasteiger partial charge in [0.2, 0.25) is 21.8 Å². The predicted molar refractivity (Wildman–Crippen MR) is 166 cm³/mol. The van der Waals surface area contributed by atoms with Gasteiger partial charge in [-0.3, -0.25) is 13.9 Å². The maximum absolute atomic E-state index is 14.2. The van der Waals surface area contributed by atoms with E-state index in [-0.39, 0.29) is 24.6 Å². The number of benzene rings is 3. The van der Waals surface area contributed by atoms with Gasteiger partial charge in [-0.15, -0.1) is 0 Å². The minimum absolute atomic E-state index is 0.0601. The smallest absolute Gasteiger partial charge is 0.244 e. The van der Waals surface area contributed by atoms with Crippen molar-refractivity contribution in [3.05, 3.63) is 87.9 Å². The third-order valence-electron chi connectivity index (χ3n) is 6.51.